The second-order valence-corrected chi connectivity index (χ2v) is 5.17. The number of rotatable bonds is 7. The maximum atomic E-state index is 12.7. The average molecular weight is 328 g/mol. The Morgan fingerprint density at radius 1 is 1.17 bits per heavy atom. The third-order valence-electron chi connectivity index (χ3n) is 3.78. The number of anilines is 2. The van der Waals surface area contributed by atoms with Gasteiger partial charge in [0, 0.05) is 36.6 Å². The summed E-state index contributed by atoms with van der Waals surface area (Å²) in [6.07, 6.45) is 0. The van der Waals surface area contributed by atoms with E-state index in [0.717, 1.165) is 18.8 Å². The first-order valence-electron chi connectivity index (χ1n) is 7.64. The van der Waals surface area contributed by atoms with Crippen LogP contribution in [-0.4, -0.2) is 30.5 Å². The van der Waals surface area contributed by atoms with Gasteiger partial charge in [-0.25, -0.2) is 0 Å². The van der Waals surface area contributed by atoms with Gasteiger partial charge in [-0.05, 0) is 38.1 Å². The standard InChI is InChI=1S/C18H20N2O4/c1-3-20(4-2)13-6-8-14(16(22)10-13)18(23)15-7-5-12(19)9-17(15)24-11-21/h5-11,22H,3-4,19H2,1-2H3. The molecule has 0 aliphatic rings. The van der Waals surface area contributed by atoms with Crippen molar-refractivity contribution in [3.05, 3.63) is 47.5 Å². The molecular weight excluding hydrogens is 308 g/mol. The molecule has 2 aromatic carbocycles. The maximum Gasteiger partial charge on any atom is 0.298 e. The molecule has 0 aliphatic heterocycles. The second-order valence-electron chi connectivity index (χ2n) is 5.17. The first kappa shape index (κ1) is 17.3. The molecule has 0 aliphatic carbocycles. The lowest BCUT2D eigenvalue weighted by Gasteiger charge is -2.21. The number of carbonyl (C=O) groups is 2. The molecule has 6 heteroatoms. The van der Waals surface area contributed by atoms with E-state index in [4.69, 9.17) is 10.5 Å². The molecule has 24 heavy (non-hydrogen) atoms. The smallest absolute Gasteiger partial charge is 0.298 e. The summed E-state index contributed by atoms with van der Waals surface area (Å²) in [7, 11) is 0. The number of nitrogen functional groups attached to an aromatic ring is 1. The van der Waals surface area contributed by atoms with E-state index in [-0.39, 0.29) is 29.1 Å². The Hall–Kier alpha value is -3.02. The number of phenols is 1. The Morgan fingerprint density at radius 3 is 2.42 bits per heavy atom. The third kappa shape index (κ3) is 3.48. The van der Waals surface area contributed by atoms with E-state index in [1.54, 1.807) is 18.2 Å². The van der Waals surface area contributed by atoms with E-state index in [1.807, 2.05) is 13.8 Å². The maximum absolute atomic E-state index is 12.7. The van der Waals surface area contributed by atoms with E-state index in [9.17, 15) is 14.7 Å². The van der Waals surface area contributed by atoms with Gasteiger partial charge in [0.1, 0.15) is 11.5 Å². The highest BCUT2D eigenvalue weighted by atomic mass is 16.5. The molecule has 0 unspecified atom stereocenters. The van der Waals surface area contributed by atoms with E-state index in [1.165, 1.54) is 18.2 Å². The highest BCUT2D eigenvalue weighted by molar-refractivity contribution is 6.12. The van der Waals surface area contributed by atoms with E-state index in [2.05, 4.69) is 4.90 Å². The van der Waals surface area contributed by atoms with Crippen molar-refractivity contribution in [3.63, 3.8) is 0 Å². The summed E-state index contributed by atoms with van der Waals surface area (Å²) in [6, 6.07) is 9.28. The monoisotopic (exact) mass is 328 g/mol. The summed E-state index contributed by atoms with van der Waals surface area (Å²) in [5, 5.41) is 10.3. The van der Waals surface area contributed by atoms with Crippen LogP contribution in [-0.2, 0) is 4.79 Å². The summed E-state index contributed by atoms with van der Waals surface area (Å²) < 4.78 is 4.83. The van der Waals surface area contributed by atoms with Crippen LogP contribution in [0.1, 0.15) is 29.8 Å². The van der Waals surface area contributed by atoms with Crippen molar-refractivity contribution in [2.24, 2.45) is 0 Å². The van der Waals surface area contributed by atoms with Crippen LogP contribution >= 0.6 is 0 Å². The van der Waals surface area contributed by atoms with Crippen LogP contribution in [0.25, 0.3) is 0 Å². The quantitative estimate of drug-likeness (QED) is 0.461. The molecular formula is C18H20N2O4. The molecule has 2 rings (SSSR count). The van der Waals surface area contributed by atoms with Gasteiger partial charge in [-0.1, -0.05) is 0 Å². The SMILES string of the molecule is CCN(CC)c1ccc(C(=O)c2ccc(N)cc2OC=O)c(O)c1. The van der Waals surface area contributed by atoms with Gasteiger partial charge in [0.15, 0.2) is 5.78 Å². The molecule has 0 heterocycles. The van der Waals surface area contributed by atoms with E-state index >= 15 is 0 Å². The number of aromatic hydroxyl groups is 1. The fraction of sp³-hybridized carbons (Fsp3) is 0.222. The molecule has 0 atom stereocenters. The lowest BCUT2D eigenvalue weighted by Crippen LogP contribution is -2.21. The van der Waals surface area contributed by atoms with Gasteiger partial charge in [0.25, 0.3) is 6.47 Å². The molecule has 0 bridgehead atoms. The summed E-state index contributed by atoms with van der Waals surface area (Å²) in [5.74, 6) is -0.518. The van der Waals surface area contributed by atoms with Crippen molar-refractivity contribution < 1.29 is 19.4 Å². The summed E-state index contributed by atoms with van der Waals surface area (Å²) in [6.45, 7) is 5.83. The van der Waals surface area contributed by atoms with Crippen molar-refractivity contribution in [2.75, 3.05) is 23.7 Å². The molecule has 0 amide bonds. The van der Waals surface area contributed by atoms with Crippen LogP contribution in [0.2, 0.25) is 0 Å². The molecule has 0 saturated heterocycles. The fourth-order valence-electron chi connectivity index (χ4n) is 2.52. The Bertz CT molecular complexity index is 755. The minimum Gasteiger partial charge on any atom is -0.507 e. The van der Waals surface area contributed by atoms with Gasteiger partial charge in [-0.15, -0.1) is 0 Å². The van der Waals surface area contributed by atoms with Crippen molar-refractivity contribution in [3.8, 4) is 11.5 Å². The topological polar surface area (TPSA) is 92.9 Å². The summed E-state index contributed by atoms with van der Waals surface area (Å²) in [5.41, 5.74) is 7.13. The Labute approximate surface area is 140 Å². The van der Waals surface area contributed by atoms with Crippen molar-refractivity contribution in [2.45, 2.75) is 13.8 Å². The largest absolute Gasteiger partial charge is 0.507 e. The zero-order valence-electron chi connectivity index (χ0n) is 13.7. The molecule has 6 nitrogen and oxygen atoms in total. The number of hydrogen-bond donors (Lipinski definition) is 2. The molecule has 2 aromatic rings. The lowest BCUT2D eigenvalue weighted by atomic mass is 10.0. The second kappa shape index (κ2) is 7.50. The number of nitrogens with zero attached hydrogens (tertiary/aromatic N) is 1. The first-order chi connectivity index (χ1) is 11.5. The average Bonchev–Trinajstić information content (AvgIpc) is 2.56. The van der Waals surface area contributed by atoms with Gasteiger partial charge >= 0.3 is 0 Å². The predicted molar refractivity (Wildman–Crippen MR) is 92.6 cm³/mol. The van der Waals surface area contributed by atoms with Gasteiger partial charge < -0.3 is 20.5 Å². The number of hydrogen-bond acceptors (Lipinski definition) is 6. The van der Waals surface area contributed by atoms with Gasteiger partial charge in [-0.2, -0.15) is 0 Å². The van der Waals surface area contributed by atoms with Crippen LogP contribution in [0, 0.1) is 0 Å². The Kier molecular flexibility index (Phi) is 5.42. The van der Waals surface area contributed by atoms with Gasteiger partial charge in [0.05, 0.1) is 11.1 Å². The molecule has 126 valence electrons. The van der Waals surface area contributed by atoms with Crippen molar-refractivity contribution in [1.82, 2.24) is 0 Å². The van der Waals surface area contributed by atoms with Crippen molar-refractivity contribution in [1.29, 1.82) is 0 Å². The summed E-state index contributed by atoms with van der Waals surface area (Å²) in [4.78, 5) is 25.4. The Balaban J connectivity index is 2.42. The van der Waals surface area contributed by atoms with E-state index < -0.39 is 5.78 Å². The number of phenolic OH excluding ortho intramolecular Hbond substituents is 1. The minimum absolute atomic E-state index is 0.0576. The van der Waals surface area contributed by atoms with E-state index in [0.29, 0.717) is 5.69 Å². The molecule has 0 radical (unpaired) electrons. The Morgan fingerprint density at radius 2 is 1.83 bits per heavy atom. The number of carbonyl (C=O) groups excluding carboxylic acids is 2. The van der Waals surface area contributed by atoms with Crippen LogP contribution < -0.4 is 15.4 Å². The number of benzene rings is 2. The normalized spacial score (nSPS) is 10.2. The van der Waals surface area contributed by atoms with Crippen LogP contribution in [0.4, 0.5) is 11.4 Å². The molecule has 0 fully saturated rings. The van der Waals surface area contributed by atoms with Crippen LogP contribution in [0.3, 0.4) is 0 Å². The van der Waals surface area contributed by atoms with Crippen LogP contribution in [0.5, 0.6) is 11.5 Å². The summed E-state index contributed by atoms with van der Waals surface area (Å²) >= 11 is 0. The fourth-order valence-corrected chi connectivity index (χ4v) is 2.52. The highest BCUT2D eigenvalue weighted by Gasteiger charge is 2.19. The molecule has 3 N–H and O–H groups in total. The number of nitrogens with two attached hydrogens (primary N) is 1. The zero-order valence-corrected chi connectivity index (χ0v) is 13.7. The number of ether oxygens (including phenoxy) is 1. The number of ketones is 1. The molecule has 0 saturated carbocycles. The van der Waals surface area contributed by atoms with Crippen LogP contribution in [0.15, 0.2) is 36.4 Å². The minimum atomic E-state index is -0.449. The van der Waals surface area contributed by atoms with Gasteiger partial charge in [0.2, 0.25) is 0 Å². The van der Waals surface area contributed by atoms with Gasteiger partial charge in [-0.3, -0.25) is 9.59 Å². The highest BCUT2D eigenvalue weighted by Crippen LogP contribution is 2.30. The van der Waals surface area contributed by atoms with Crippen molar-refractivity contribution >= 4 is 23.6 Å². The zero-order chi connectivity index (χ0) is 17.7. The molecule has 0 aromatic heterocycles. The first-order valence-corrected chi connectivity index (χ1v) is 7.64. The predicted octanol–water partition coefficient (Wildman–Crippen LogP) is 2.59. The molecule has 0 spiro atoms. The lowest BCUT2D eigenvalue weighted by molar-refractivity contribution is -0.120. The third-order valence-corrected chi connectivity index (χ3v) is 3.78.